The minimum atomic E-state index is -0.588. The lowest BCUT2D eigenvalue weighted by Crippen LogP contribution is -2.65. The van der Waals surface area contributed by atoms with Gasteiger partial charge in [0.25, 0.3) is 5.91 Å². The number of thiocarbonyl (C=S) groups is 1. The number of benzene rings is 1. The molecule has 4 aliphatic carbocycles. The van der Waals surface area contributed by atoms with E-state index in [1.165, 1.54) is 18.2 Å². The third kappa shape index (κ3) is 4.70. The molecule has 2 N–H and O–H groups in total. The molecule has 1 saturated heterocycles. The molecule has 1 heterocycles. The average Bonchev–Trinajstić information content (AvgIpc) is 2.99. The molecule has 0 aromatic heterocycles. The summed E-state index contributed by atoms with van der Waals surface area (Å²) < 4.78 is 5.70. The molecule has 176 valence electrons. The zero-order valence-electron chi connectivity index (χ0n) is 18.8. The second-order valence-corrected chi connectivity index (χ2v) is 11.9. The predicted octanol–water partition coefficient (Wildman–Crippen LogP) is 3.88. The predicted molar refractivity (Wildman–Crippen MR) is 133 cm³/mol. The van der Waals surface area contributed by atoms with Crippen molar-refractivity contribution in [1.29, 1.82) is 0 Å². The highest BCUT2D eigenvalue weighted by Gasteiger charge is 2.57. The summed E-state index contributed by atoms with van der Waals surface area (Å²) in [6.45, 7) is 0.431. The van der Waals surface area contributed by atoms with Gasteiger partial charge in [0.15, 0.2) is 0 Å². The lowest BCUT2D eigenvalue weighted by molar-refractivity contribution is -0.151. The molecule has 1 aliphatic heterocycles. The minimum Gasteiger partial charge on any atom is -0.497 e. The van der Waals surface area contributed by atoms with Gasteiger partial charge in [0.2, 0.25) is 5.91 Å². The number of amides is 2. The lowest BCUT2D eigenvalue weighted by Gasteiger charge is -2.60. The largest absolute Gasteiger partial charge is 0.497 e. The molecular weight excluding hydrogens is 456 g/mol. The molecule has 0 spiro atoms. The van der Waals surface area contributed by atoms with E-state index in [0.717, 1.165) is 37.0 Å². The summed E-state index contributed by atoms with van der Waals surface area (Å²) in [6, 6.07) is 7.51. The Hall–Kier alpha value is -1.90. The monoisotopic (exact) mass is 486 g/mol. The maximum Gasteiger partial charge on any atom is 0.266 e. The first-order valence-electron chi connectivity index (χ1n) is 11.7. The smallest absolute Gasteiger partial charge is 0.266 e. The van der Waals surface area contributed by atoms with Crippen molar-refractivity contribution in [1.82, 2.24) is 10.2 Å². The van der Waals surface area contributed by atoms with Gasteiger partial charge in [-0.15, -0.1) is 0 Å². The summed E-state index contributed by atoms with van der Waals surface area (Å²) in [5.41, 5.74) is 0.0849. The Balaban J connectivity index is 1.14. The zero-order valence-corrected chi connectivity index (χ0v) is 20.5. The number of methoxy groups -OCH3 is 1. The van der Waals surface area contributed by atoms with Crippen LogP contribution in [0.2, 0.25) is 0 Å². The van der Waals surface area contributed by atoms with Crippen LogP contribution in [0.4, 0.5) is 0 Å². The van der Waals surface area contributed by atoms with Crippen molar-refractivity contribution < 1.29 is 19.4 Å². The standard InChI is InChI=1S/C25H30N2O4S2/c1-31-19-6-4-16(5-7-19)10-20-22(29)27(23(32)33-20)8-2-3-21(28)26-24-11-17-9-18(12-24)14-25(30,13-17)15-24/h4-7,10,17-18,30H,2-3,8-9,11-15H2,1H3,(H,26,28)/b20-10+/t17-,18?,24?,25?/m0/s1. The molecule has 4 atom stereocenters. The van der Waals surface area contributed by atoms with E-state index < -0.39 is 5.60 Å². The van der Waals surface area contributed by atoms with Crippen molar-refractivity contribution in [2.45, 2.75) is 62.5 Å². The Morgan fingerprint density at radius 3 is 2.61 bits per heavy atom. The van der Waals surface area contributed by atoms with Crippen LogP contribution in [0.1, 0.15) is 56.9 Å². The van der Waals surface area contributed by atoms with Crippen molar-refractivity contribution in [3.63, 3.8) is 0 Å². The van der Waals surface area contributed by atoms with Crippen molar-refractivity contribution in [3.05, 3.63) is 34.7 Å². The van der Waals surface area contributed by atoms with Crippen LogP contribution in [0.3, 0.4) is 0 Å². The van der Waals surface area contributed by atoms with Crippen LogP contribution in [0.25, 0.3) is 6.08 Å². The molecule has 33 heavy (non-hydrogen) atoms. The first kappa shape index (κ1) is 22.9. The third-order valence-corrected chi connectivity index (χ3v) is 8.89. The molecule has 5 aliphatic rings. The van der Waals surface area contributed by atoms with E-state index in [4.69, 9.17) is 17.0 Å². The quantitative estimate of drug-likeness (QED) is 0.450. The van der Waals surface area contributed by atoms with Gasteiger partial charge in [-0.05, 0) is 80.6 Å². The van der Waals surface area contributed by atoms with Crippen LogP contribution < -0.4 is 10.1 Å². The molecule has 4 saturated carbocycles. The second-order valence-electron chi connectivity index (χ2n) is 10.2. The second kappa shape index (κ2) is 8.71. The number of aliphatic hydroxyl groups is 1. The van der Waals surface area contributed by atoms with Gasteiger partial charge in [-0.25, -0.2) is 0 Å². The van der Waals surface area contributed by atoms with Crippen molar-refractivity contribution in [2.75, 3.05) is 13.7 Å². The first-order valence-corrected chi connectivity index (χ1v) is 12.9. The number of ether oxygens (including phenoxy) is 1. The Bertz CT molecular complexity index is 992. The third-order valence-electron chi connectivity index (χ3n) is 7.51. The Kier molecular flexibility index (Phi) is 6.04. The first-order chi connectivity index (χ1) is 15.8. The molecule has 6 rings (SSSR count). The zero-order chi connectivity index (χ0) is 23.2. The van der Waals surface area contributed by atoms with E-state index in [9.17, 15) is 14.7 Å². The van der Waals surface area contributed by atoms with Crippen molar-refractivity contribution in [3.8, 4) is 5.75 Å². The summed E-state index contributed by atoms with van der Waals surface area (Å²) in [7, 11) is 1.62. The van der Waals surface area contributed by atoms with Crippen LogP contribution in [0, 0.1) is 11.8 Å². The molecule has 4 bridgehead atoms. The molecule has 8 heteroatoms. The van der Waals surface area contributed by atoms with Gasteiger partial charge in [-0.2, -0.15) is 0 Å². The van der Waals surface area contributed by atoms with E-state index in [1.807, 2.05) is 30.3 Å². The Morgan fingerprint density at radius 2 is 1.97 bits per heavy atom. The van der Waals surface area contributed by atoms with Gasteiger partial charge in [0.1, 0.15) is 10.1 Å². The highest BCUT2D eigenvalue weighted by atomic mass is 32.2. The molecule has 3 unspecified atom stereocenters. The van der Waals surface area contributed by atoms with Crippen LogP contribution in [-0.4, -0.2) is 50.9 Å². The molecule has 5 fully saturated rings. The number of thioether (sulfide) groups is 1. The highest BCUT2D eigenvalue weighted by Crippen LogP contribution is 2.57. The van der Waals surface area contributed by atoms with E-state index in [2.05, 4.69) is 5.32 Å². The maximum absolute atomic E-state index is 12.8. The fraction of sp³-hybridized carbons (Fsp3) is 0.560. The average molecular weight is 487 g/mol. The van der Waals surface area contributed by atoms with Gasteiger partial charge >= 0.3 is 0 Å². The van der Waals surface area contributed by atoms with Gasteiger partial charge in [-0.3, -0.25) is 14.5 Å². The number of rotatable bonds is 7. The number of hydrogen-bond donors (Lipinski definition) is 2. The SMILES string of the molecule is COc1ccc(/C=C2/SC(=S)N(CCCC(=O)NC34CC5C[C@H](CC(O)(C5)C3)C4)C2=O)cc1. The fourth-order valence-electron chi connectivity index (χ4n) is 6.66. The molecular formula is C25H30N2O4S2. The van der Waals surface area contributed by atoms with E-state index >= 15 is 0 Å². The van der Waals surface area contributed by atoms with E-state index in [-0.39, 0.29) is 17.4 Å². The minimum absolute atomic E-state index is 0.0137. The molecule has 0 radical (unpaired) electrons. The Morgan fingerprint density at radius 1 is 1.27 bits per heavy atom. The van der Waals surface area contributed by atoms with Crippen molar-refractivity contribution in [2.24, 2.45) is 11.8 Å². The number of nitrogens with zero attached hydrogens (tertiary/aromatic N) is 1. The molecule has 1 aromatic carbocycles. The summed E-state index contributed by atoms with van der Waals surface area (Å²) >= 11 is 6.72. The lowest BCUT2D eigenvalue weighted by atomic mass is 9.51. The van der Waals surface area contributed by atoms with E-state index in [1.54, 1.807) is 12.0 Å². The Labute approximate surface area is 204 Å². The summed E-state index contributed by atoms with van der Waals surface area (Å²) in [4.78, 5) is 27.8. The topological polar surface area (TPSA) is 78.9 Å². The molecule has 1 aromatic rings. The van der Waals surface area contributed by atoms with Crippen LogP contribution in [0.15, 0.2) is 29.2 Å². The van der Waals surface area contributed by atoms with Crippen LogP contribution in [-0.2, 0) is 9.59 Å². The van der Waals surface area contributed by atoms with Gasteiger partial charge in [0.05, 0.1) is 17.6 Å². The molecule has 2 amide bonds. The summed E-state index contributed by atoms with van der Waals surface area (Å²) in [6.07, 6.45) is 8.38. The number of hydrogen-bond acceptors (Lipinski definition) is 6. The van der Waals surface area contributed by atoms with Gasteiger partial charge in [0, 0.05) is 18.5 Å². The van der Waals surface area contributed by atoms with Crippen molar-refractivity contribution >= 4 is 46.2 Å². The normalized spacial score (nSPS) is 33.8. The fourth-order valence-corrected chi connectivity index (χ4v) is 7.97. The molecule has 6 nitrogen and oxygen atoms in total. The maximum atomic E-state index is 12.8. The van der Waals surface area contributed by atoms with Crippen LogP contribution >= 0.6 is 24.0 Å². The van der Waals surface area contributed by atoms with E-state index in [0.29, 0.717) is 46.9 Å². The van der Waals surface area contributed by atoms with Gasteiger partial charge in [-0.1, -0.05) is 36.1 Å². The number of carbonyl (C=O) groups excluding carboxylic acids is 2. The highest BCUT2D eigenvalue weighted by molar-refractivity contribution is 8.26. The van der Waals surface area contributed by atoms with Crippen LogP contribution in [0.5, 0.6) is 5.75 Å². The summed E-state index contributed by atoms with van der Waals surface area (Å²) in [5, 5.41) is 14.2. The summed E-state index contributed by atoms with van der Waals surface area (Å²) in [5.74, 6) is 1.73. The number of carbonyl (C=O) groups is 2. The number of nitrogens with one attached hydrogen (secondary N) is 1. The van der Waals surface area contributed by atoms with Gasteiger partial charge < -0.3 is 15.2 Å².